The molecule has 5 heteroatoms. The average Bonchev–Trinajstić information content (AvgIpc) is 2.91. The molecule has 5 nitrogen and oxygen atoms in total. The van der Waals surface area contributed by atoms with E-state index in [0.29, 0.717) is 6.04 Å². The first-order chi connectivity index (χ1) is 9.72. The Bertz CT molecular complexity index is 569. The van der Waals surface area contributed by atoms with Gasteiger partial charge in [-0.2, -0.15) is 4.98 Å². The third-order valence-electron chi connectivity index (χ3n) is 3.96. The first-order valence-electron chi connectivity index (χ1n) is 7.18. The summed E-state index contributed by atoms with van der Waals surface area (Å²) in [5.74, 6) is 1.73. The van der Waals surface area contributed by atoms with E-state index in [1.54, 1.807) is 0 Å². The average molecular weight is 271 g/mol. The van der Waals surface area contributed by atoms with E-state index < -0.39 is 0 Å². The quantitative estimate of drug-likeness (QED) is 0.890. The predicted octanol–water partition coefficient (Wildman–Crippen LogP) is 1.63. The second kappa shape index (κ2) is 5.63. The number of nitrogens with zero attached hydrogens (tertiary/aromatic N) is 3. The molecule has 0 spiro atoms. The number of hydrogen-bond acceptors (Lipinski definition) is 4. The van der Waals surface area contributed by atoms with Gasteiger partial charge in [0.2, 0.25) is 5.95 Å². The van der Waals surface area contributed by atoms with Crippen LogP contribution in [0.4, 0.5) is 5.95 Å². The van der Waals surface area contributed by atoms with Crippen molar-refractivity contribution in [3.8, 4) is 0 Å². The number of H-pyrrole nitrogens is 1. The van der Waals surface area contributed by atoms with Gasteiger partial charge >= 0.3 is 0 Å². The lowest BCUT2D eigenvalue weighted by Gasteiger charge is -2.28. The van der Waals surface area contributed by atoms with Crippen LogP contribution in [-0.2, 0) is 6.42 Å². The smallest absolute Gasteiger partial charge is 0.244 e. The van der Waals surface area contributed by atoms with Gasteiger partial charge in [-0.15, -0.1) is 5.10 Å². The minimum atomic E-state index is 0.330. The second-order valence-electron chi connectivity index (χ2n) is 5.51. The molecule has 2 aromatic rings. The molecule has 1 aliphatic rings. The van der Waals surface area contributed by atoms with Crippen LogP contribution in [-0.4, -0.2) is 34.3 Å². The van der Waals surface area contributed by atoms with E-state index in [4.69, 9.17) is 5.73 Å². The van der Waals surface area contributed by atoms with E-state index in [2.05, 4.69) is 51.3 Å². The molecule has 1 aliphatic heterocycles. The molecular weight excluding hydrogens is 250 g/mol. The minimum Gasteiger partial charge on any atom is -0.339 e. The van der Waals surface area contributed by atoms with Crippen molar-refractivity contribution in [1.82, 2.24) is 15.2 Å². The van der Waals surface area contributed by atoms with Crippen LogP contribution in [0.25, 0.3) is 0 Å². The fourth-order valence-corrected chi connectivity index (χ4v) is 2.59. The van der Waals surface area contributed by atoms with Crippen LogP contribution in [0.5, 0.6) is 0 Å². The van der Waals surface area contributed by atoms with Gasteiger partial charge in [-0.3, -0.25) is 5.10 Å². The summed E-state index contributed by atoms with van der Waals surface area (Å²) in [5.41, 5.74) is 8.50. The summed E-state index contributed by atoms with van der Waals surface area (Å²) >= 11 is 0. The van der Waals surface area contributed by atoms with Gasteiger partial charge in [-0.25, -0.2) is 0 Å². The van der Waals surface area contributed by atoms with E-state index in [1.807, 2.05) is 0 Å². The molecule has 0 aliphatic carbocycles. The Morgan fingerprint density at radius 2 is 2.05 bits per heavy atom. The Labute approximate surface area is 119 Å². The van der Waals surface area contributed by atoms with Crippen molar-refractivity contribution >= 4 is 5.95 Å². The second-order valence-corrected chi connectivity index (χ2v) is 5.51. The van der Waals surface area contributed by atoms with Crippen LogP contribution in [0, 0.1) is 6.92 Å². The van der Waals surface area contributed by atoms with Crippen molar-refractivity contribution < 1.29 is 0 Å². The van der Waals surface area contributed by atoms with Crippen molar-refractivity contribution in [1.29, 1.82) is 0 Å². The van der Waals surface area contributed by atoms with E-state index in [1.165, 1.54) is 11.1 Å². The normalized spacial score (nSPS) is 16.6. The number of anilines is 1. The monoisotopic (exact) mass is 271 g/mol. The largest absolute Gasteiger partial charge is 0.339 e. The first-order valence-corrected chi connectivity index (χ1v) is 7.18. The molecule has 0 amide bonds. The molecule has 3 rings (SSSR count). The minimum absolute atomic E-state index is 0.330. The van der Waals surface area contributed by atoms with E-state index in [-0.39, 0.29) is 0 Å². The highest BCUT2D eigenvalue weighted by Crippen LogP contribution is 2.17. The van der Waals surface area contributed by atoms with Gasteiger partial charge in [0, 0.05) is 25.6 Å². The zero-order valence-electron chi connectivity index (χ0n) is 11.8. The molecule has 20 heavy (non-hydrogen) atoms. The van der Waals surface area contributed by atoms with Gasteiger partial charge < -0.3 is 10.6 Å². The lowest BCUT2D eigenvalue weighted by atomic mass is 10.1. The number of benzene rings is 1. The van der Waals surface area contributed by atoms with E-state index in [9.17, 15) is 0 Å². The molecular formula is C15H21N5. The summed E-state index contributed by atoms with van der Waals surface area (Å²) < 4.78 is 0. The van der Waals surface area contributed by atoms with Gasteiger partial charge in [0.15, 0.2) is 0 Å². The lowest BCUT2D eigenvalue weighted by molar-refractivity contribution is 0.496. The number of hydrogen-bond donors (Lipinski definition) is 2. The van der Waals surface area contributed by atoms with Gasteiger partial charge in [0.25, 0.3) is 0 Å². The number of nitrogens with one attached hydrogen (secondary N) is 1. The Morgan fingerprint density at radius 1 is 1.30 bits per heavy atom. The lowest BCUT2D eigenvalue weighted by Crippen LogP contribution is -2.40. The Hall–Kier alpha value is -1.88. The molecule has 0 atom stereocenters. The third kappa shape index (κ3) is 2.82. The SMILES string of the molecule is Cc1ccccc1Cc1nc(N2CCC(N)CC2)n[nH]1. The molecule has 1 saturated heterocycles. The van der Waals surface area contributed by atoms with Crippen molar-refractivity contribution in [2.75, 3.05) is 18.0 Å². The van der Waals surface area contributed by atoms with Gasteiger partial charge in [0.05, 0.1) is 0 Å². The molecule has 1 fully saturated rings. The Balaban J connectivity index is 1.69. The number of aromatic amines is 1. The number of nitrogens with two attached hydrogens (primary N) is 1. The number of piperidine rings is 1. The highest BCUT2D eigenvalue weighted by molar-refractivity contribution is 5.32. The van der Waals surface area contributed by atoms with Gasteiger partial charge in [0.1, 0.15) is 5.82 Å². The topological polar surface area (TPSA) is 70.8 Å². The van der Waals surface area contributed by atoms with Crippen LogP contribution in [0.3, 0.4) is 0 Å². The predicted molar refractivity (Wildman–Crippen MR) is 79.8 cm³/mol. The number of rotatable bonds is 3. The van der Waals surface area contributed by atoms with Crippen molar-refractivity contribution in [2.45, 2.75) is 32.2 Å². The highest BCUT2D eigenvalue weighted by atomic mass is 15.4. The molecule has 1 aromatic carbocycles. The maximum absolute atomic E-state index is 5.92. The third-order valence-corrected chi connectivity index (χ3v) is 3.96. The fraction of sp³-hybridized carbons (Fsp3) is 0.467. The summed E-state index contributed by atoms with van der Waals surface area (Å²) in [7, 11) is 0. The fourth-order valence-electron chi connectivity index (χ4n) is 2.59. The summed E-state index contributed by atoms with van der Waals surface area (Å²) in [6.07, 6.45) is 2.83. The van der Waals surface area contributed by atoms with Crippen LogP contribution in [0.15, 0.2) is 24.3 Å². The highest BCUT2D eigenvalue weighted by Gasteiger charge is 2.19. The number of aryl methyl sites for hydroxylation is 1. The van der Waals surface area contributed by atoms with Crippen molar-refractivity contribution in [3.63, 3.8) is 0 Å². The summed E-state index contributed by atoms with van der Waals surface area (Å²) in [6, 6.07) is 8.71. The first kappa shape index (κ1) is 13.1. The summed E-state index contributed by atoms with van der Waals surface area (Å²) in [4.78, 5) is 6.82. The zero-order valence-corrected chi connectivity index (χ0v) is 11.8. The summed E-state index contributed by atoms with van der Waals surface area (Å²) in [5, 5.41) is 7.40. The maximum atomic E-state index is 5.92. The molecule has 3 N–H and O–H groups in total. The van der Waals surface area contributed by atoms with Crippen LogP contribution >= 0.6 is 0 Å². The Morgan fingerprint density at radius 3 is 2.80 bits per heavy atom. The summed E-state index contributed by atoms with van der Waals surface area (Å²) in [6.45, 7) is 4.02. The zero-order chi connectivity index (χ0) is 13.9. The van der Waals surface area contributed by atoms with Crippen molar-refractivity contribution in [2.24, 2.45) is 5.73 Å². The van der Waals surface area contributed by atoms with E-state index in [0.717, 1.165) is 44.1 Å². The molecule has 0 bridgehead atoms. The van der Waals surface area contributed by atoms with Crippen molar-refractivity contribution in [3.05, 3.63) is 41.2 Å². The van der Waals surface area contributed by atoms with Crippen LogP contribution in [0.1, 0.15) is 29.8 Å². The van der Waals surface area contributed by atoms with Gasteiger partial charge in [-0.05, 0) is 30.9 Å². The maximum Gasteiger partial charge on any atom is 0.244 e. The van der Waals surface area contributed by atoms with Gasteiger partial charge in [-0.1, -0.05) is 24.3 Å². The van der Waals surface area contributed by atoms with E-state index >= 15 is 0 Å². The molecule has 2 heterocycles. The Kier molecular flexibility index (Phi) is 3.69. The molecule has 0 unspecified atom stereocenters. The molecule has 1 aromatic heterocycles. The van der Waals surface area contributed by atoms with Crippen LogP contribution < -0.4 is 10.6 Å². The number of aromatic nitrogens is 3. The van der Waals surface area contributed by atoms with Crippen LogP contribution in [0.2, 0.25) is 0 Å². The molecule has 0 saturated carbocycles. The molecule has 106 valence electrons. The standard InChI is InChI=1S/C15H21N5/c1-11-4-2-3-5-12(11)10-14-17-15(19-18-14)20-8-6-13(16)7-9-20/h2-5,13H,6-10,16H2,1H3,(H,17,18,19). The molecule has 0 radical (unpaired) electrons.